The van der Waals surface area contributed by atoms with E-state index in [1.54, 1.807) is 6.07 Å². The van der Waals surface area contributed by atoms with Gasteiger partial charge in [-0.1, -0.05) is 24.1 Å². The van der Waals surface area contributed by atoms with E-state index in [2.05, 4.69) is 10.9 Å². The molecule has 3 heteroatoms. The lowest BCUT2D eigenvalue weighted by atomic mass is 10.0. The van der Waals surface area contributed by atoms with Crippen LogP contribution in [0.3, 0.4) is 0 Å². The lowest BCUT2D eigenvalue weighted by molar-refractivity contribution is 0.584. The molecule has 0 aliphatic rings. The number of halogens is 1. The number of hydrogen-bond acceptors (Lipinski definition) is 2. The van der Waals surface area contributed by atoms with Gasteiger partial charge in [-0.2, -0.15) is 4.39 Å². The van der Waals surface area contributed by atoms with Crippen LogP contribution in [-0.4, -0.2) is 4.98 Å². The van der Waals surface area contributed by atoms with Crippen LogP contribution in [0.15, 0.2) is 42.6 Å². The highest BCUT2D eigenvalue weighted by molar-refractivity contribution is 5.63. The standard InChI is InChI=1S/C14H11FN2/c1-2-13(16)11-5-3-4-10(8-11)12-6-7-14(15)17-9-12/h1,3-9,13H,16H2/t13-/m0/s1. The Morgan fingerprint density at radius 2 is 2.06 bits per heavy atom. The Kier molecular flexibility index (Phi) is 3.17. The fourth-order valence-corrected chi connectivity index (χ4v) is 1.55. The molecule has 0 spiro atoms. The van der Waals surface area contributed by atoms with E-state index >= 15 is 0 Å². The van der Waals surface area contributed by atoms with Gasteiger partial charge in [0, 0.05) is 11.8 Å². The first kappa shape index (κ1) is 11.3. The van der Waals surface area contributed by atoms with Gasteiger partial charge in [-0.05, 0) is 29.3 Å². The molecule has 84 valence electrons. The molecular weight excluding hydrogens is 215 g/mol. The van der Waals surface area contributed by atoms with Crippen molar-refractivity contribution in [3.8, 4) is 23.5 Å². The molecule has 1 aromatic carbocycles. The summed E-state index contributed by atoms with van der Waals surface area (Å²) in [7, 11) is 0. The van der Waals surface area contributed by atoms with Crippen molar-refractivity contribution in [2.45, 2.75) is 6.04 Å². The summed E-state index contributed by atoms with van der Waals surface area (Å²) < 4.78 is 12.7. The smallest absolute Gasteiger partial charge is 0.212 e. The van der Waals surface area contributed by atoms with Gasteiger partial charge in [0.05, 0.1) is 6.04 Å². The van der Waals surface area contributed by atoms with Crippen molar-refractivity contribution in [3.63, 3.8) is 0 Å². The lowest BCUT2D eigenvalue weighted by Crippen LogP contribution is -2.06. The topological polar surface area (TPSA) is 38.9 Å². The van der Waals surface area contributed by atoms with Crippen LogP contribution >= 0.6 is 0 Å². The summed E-state index contributed by atoms with van der Waals surface area (Å²) in [6, 6.07) is 10.1. The number of nitrogens with zero attached hydrogens (tertiary/aromatic N) is 1. The normalized spacial score (nSPS) is 11.8. The zero-order valence-corrected chi connectivity index (χ0v) is 9.10. The van der Waals surface area contributed by atoms with Crippen LogP contribution < -0.4 is 5.73 Å². The molecule has 0 fully saturated rings. The summed E-state index contributed by atoms with van der Waals surface area (Å²) in [4.78, 5) is 3.61. The molecule has 1 heterocycles. The third-order valence-corrected chi connectivity index (χ3v) is 2.49. The average Bonchev–Trinajstić information content (AvgIpc) is 2.39. The van der Waals surface area contributed by atoms with E-state index in [1.165, 1.54) is 12.3 Å². The Bertz CT molecular complexity index is 555. The highest BCUT2D eigenvalue weighted by Crippen LogP contribution is 2.21. The molecule has 0 aliphatic carbocycles. The Hall–Kier alpha value is -2.18. The van der Waals surface area contributed by atoms with Crippen LogP contribution in [0, 0.1) is 18.3 Å². The lowest BCUT2D eigenvalue weighted by Gasteiger charge is -2.07. The molecule has 0 aliphatic heterocycles. The Balaban J connectivity index is 2.40. The Morgan fingerprint density at radius 3 is 2.71 bits per heavy atom. The molecule has 0 bridgehead atoms. The molecule has 0 unspecified atom stereocenters. The van der Waals surface area contributed by atoms with E-state index in [-0.39, 0.29) is 0 Å². The fourth-order valence-electron chi connectivity index (χ4n) is 1.55. The van der Waals surface area contributed by atoms with Crippen molar-refractivity contribution < 1.29 is 4.39 Å². The summed E-state index contributed by atoms with van der Waals surface area (Å²) in [5.74, 6) is 1.98. The van der Waals surface area contributed by atoms with Crippen molar-refractivity contribution in [2.75, 3.05) is 0 Å². The molecule has 2 nitrogen and oxygen atoms in total. The van der Waals surface area contributed by atoms with Crippen LogP contribution in [0.4, 0.5) is 4.39 Å². The molecule has 0 radical (unpaired) electrons. The number of terminal acetylenes is 1. The maximum absolute atomic E-state index is 12.7. The summed E-state index contributed by atoms with van der Waals surface area (Å²) >= 11 is 0. The first-order valence-corrected chi connectivity index (χ1v) is 5.14. The van der Waals surface area contributed by atoms with Gasteiger partial charge in [-0.25, -0.2) is 4.98 Å². The second-order valence-corrected chi connectivity index (χ2v) is 3.64. The first-order chi connectivity index (χ1) is 8.20. The third kappa shape index (κ3) is 2.49. The van der Waals surface area contributed by atoms with Gasteiger partial charge in [-0.15, -0.1) is 6.42 Å². The van der Waals surface area contributed by atoms with Crippen molar-refractivity contribution in [3.05, 3.63) is 54.1 Å². The summed E-state index contributed by atoms with van der Waals surface area (Å²) in [6.45, 7) is 0. The highest BCUT2D eigenvalue weighted by atomic mass is 19.1. The zero-order valence-electron chi connectivity index (χ0n) is 9.10. The van der Waals surface area contributed by atoms with Crippen molar-refractivity contribution in [1.29, 1.82) is 0 Å². The van der Waals surface area contributed by atoms with Crippen molar-refractivity contribution in [2.24, 2.45) is 5.73 Å². The van der Waals surface area contributed by atoms with Gasteiger partial charge in [0.1, 0.15) is 0 Å². The number of hydrogen-bond donors (Lipinski definition) is 1. The van der Waals surface area contributed by atoms with Gasteiger partial charge in [-0.3, -0.25) is 0 Å². The number of aromatic nitrogens is 1. The van der Waals surface area contributed by atoms with E-state index < -0.39 is 12.0 Å². The average molecular weight is 226 g/mol. The van der Waals surface area contributed by atoms with Crippen molar-refractivity contribution >= 4 is 0 Å². The van der Waals surface area contributed by atoms with Crippen molar-refractivity contribution in [1.82, 2.24) is 4.98 Å². The Morgan fingerprint density at radius 1 is 1.24 bits per heavy atom. The predicted molar refractivity (Wildman–Crippen MR) is 65.4 cm³/mol. The summed E-state index contributed by atoms with van der Waals surface area (Å²) in [6.07, 6.45) is 6.76. The molecule has 2 rings (SSSR count). The number of rotatable bonds is 2. The van der Waals surface area contributed by atoms with E-state index in [0.717, 1.165) is 16.7 Å². The van der Waals surface area contributed by atoms with Crippen LogP contribution in [0.2, 0.25) is 0 Å². The van der Waals surface area contributed by atoms with Crippen LogP contribution in [0.1, 0.15) is 11.6 Å². The van der Waals surface area contributed by atoms with Crippen LogP contribution in [0.5, 0.6) is 0 Å². The number of benzene rings is 1. The number of pyridine rings is 1. The highest BCUT2D eigenvalue weighted by Gasteiger charge is 2.04. The fraction of sp³-hybridized carbons (Fsp3) is 0.0714. The second-order valence-electron chi connectivity index (χ2n) is 3.64. The molecule has 2 aromatic rings. The summed E-state index contributed by atoms with van der Waals surface area (Å²) in [5, 5.41) is 0. The van der Waals surface area contributed by atoms with Crippen LogP contribution in [-0.2, 0) is 0 Å². The molecular formula is C14H11FN2. The summed E-state index contributed by atoms with van der Waals surface area (Å²) in [5.41, 5.74) is 8.36. The maximum Gasteiger partial charge on any atom is 0.212 e. The minimum absolute atomic E-state index is 0.427. The van der Waals surface area contributed by atoms with E-state index in [0.29, 0.717) is 0 Å². The second kappa shape index (κ2) is 4.77. The molecule has 1 atom stereocenters. The molecule has 0 saturated heterocycles. The van der Waals surface area contributed by atoms with Gasteiger partial charge in [0.15, 0.2) is 0 Å². The SMILES string of the molecule is C#C[C@H](N)c1cccc(-c2ccc(F)nc2)c1. The maximum atomic E-state index is 12.7. The molecule has 1 aromatic heterocycles. The monoisotopic (exact) mass is 226 g/mol. The Labute approximate surface area is 99.3 Å². The molecule has 2 N–H and O–H groups in total. The van der Waals surface area contributed by atoms with Gasteiger partial charge in [0.2, 0.25) is 5.95 Å². The molecule has 0 amide bonds. The minimum Gasteiger partial charge on any atom is -0.314 e. The molecule has 17 heavy (non-hydrogen) atoms. The van der Waals surface area contributed by atoms with E-state index in [9.17, 15) is 4.39 Å². The first-order valence-electron chi connectivity index (χ1n) is 5.14. The molecule has 0 saturated carbocycles. The quantitative estimate of drug-likeness (QED) is 0.631. The van der Waals surface area contributed by atoms with E-state index in [4.69, 9.17) is 12.2 Å². The predicted octanol–water partition coefficient (Wildman–Crippen LogP) is 2.52. The van der Waals surface area contributed by atoms with Gasteiger partial charge >= 0.3 is 0 Å². The van der Waals surface area contributed by atoms with Crippen LogP contribution in [0.25, 0.3) is 11.1 Å². The van der Waals surface area contributed by atoms with E-state index in [1.807, 2.05) is 24.3 Å². The minimum atomic E-state index is -0.495. The third-order valence-electron chi connectivity index (χ3n) is 2.49. The van der Waals surface area contributed by atoms with Gasteiger partial charge in [0.25, 0.3) is 0 Å². The number of nitrogens with two attached hydrogens (primary N) is 1. The zero-order chi connectivity index (χ0) is 12.3. The van der Waals surface area contributed by atoms with Gasteiger partial charge < -0.3 is 5.73 Å². The largest absolute Gasteiger partial charge is 0.314 e.